The topological polar surface area (TPSA) is 47.6 Å². The van der Waals surface area contributed by atoms with E-state index in [1.165, 1.54) is 11.1 Å². The van der Waals surface area contributed by atoms with Crippen LogP contribution in [0.2, 0.25) is 0 Å². The maximum absolute atomic E-state index is 12.3. The van der Waals surface area contributed by atoms with Crippen LogP contribution in [-0.2, 0) is 4.79 Å². The molecule has 4 heteroatoms. The lowest BCUT2D eigenvalue weighted by Gasteiger charge is -2.20. The molecule has 0 saturated heterocycles. The average molecular weight is 341 g/mol. The standard InChI is InChI=1S/C21H27NO3/c1-14-6-9-19(10-7-14)24-13-17(4)22-21(23)18(5)25-20-11-8-15(2)12-16(20)3/h6-12,17-18H,13H2,1-5H3,(H,22,23). The number of ether oxygens (including phenoxy) is 2. The number of aryl methyl sites for hydroxylation is 3. The van der Waals surface area contributed by atoms with Crippen molar-refractivity contribution in [3.8, 4) is 11.5 Å². The quantitative estimate of drug-likeness (QED) is 0.829. The van der Waals surface area contributed by atoms with E-state index in [0.717, 1.165) is 17.1 Å². The number of hydrogen-bond acceptors (Lipinski definition) is 3. The van der Waals surface area contributed by atoms with Gasteiger partial charge >= 0.3 is 0 Å². The van der Waals surface area contributed by atoms with Gasteiger partial charge in [0.25, 0.3) is 5.91 Å². The minimum Gasteiger partial charge on any atom is -0.491 e. The Balaban J connectivity index is 1.82. The Morgan fingerprint density at radius 3 is 2.28 bits per heavy atom. The molecule has 0 aromatic heterocycles. The van der Waals surface area contributed by atoms with Gasteiger partial charge in [0, 0.05) is 0 Å². The largest absolute Gasteiger partial charge is 0.491 e. The molecule has 0 bridgehead atoms. The van der Waals surface area contributed by atoms with E-state index in [-0.39, 0.29) is 11.9 Å². The van der Waals surface area contributed by atoms with Crippen molar-refractivity contribution in [1.82, 2.24) is 5.32 Å². The lowest BCUT2D eigenvalue weighted by atomic mass is 10.1. The highest BCUT2D eigenvalue weighted by Crippen LogP contribution is 2.20. The fourth-order valence-corrected chi connectivity index (χ4v) is 2.43. The first-order valence-corrected chi connectivity index (χ1v) is 8.59. The molecule has 2 rings (SSSR count). The van der Waals surface area contributed by atoms with E-state index < -0.39 is 6.10 Å². The van der Waals surface area contributed by atoms with Crippen LogP contribution in [-0.4, -0.2) is 24.7 Å². The van der Waals surface area contributed by atoms with Crippen LogP contribution in [0.5, 0.6) is 11.5 Å². The fraction of sp³-hybridized carbons (Fsp3) is 0.381. The lowest BCUT2D eigenvalue weighted by molar-refractivity contribution is -0.128. The molecule has 2 atom stereocenters. The minimum atomic E-state index is -0.566. The molecule has 0 heterocycles. The van der Waals surface area contributed by atoms with Crippen LogP contribution in [0.15, 0.2) is 42.5 Å². The van der Waals surface area contributed by atoms with Crippen LogP contribution in [0.1, 0.15) is 30.5 Å². The van der Waals surface area contributed by atoms with E-state index >= 15 is 0 Å². The summed E-state index contributed by atoms with van der Waals surface area (Å²) in [5.74, 6) is 1.38. The molecule has 0 aliphatic heterocycles. The molecule has 4 nitrogen and oxygen atoms in total. The summed E-state index contributed by atoms with van der Waals surface area (Å²) < 4.78 is 11.5. The molecular weight excluding hydrogens is 314 g/mol. The molecule has 0 aliphatic carbocycles. The molecule has 2 aromatic rings. The first kappa shape index (κ1) is 18.8. The zero-order valence-electron chi connectivity index (χ0n) is 15.6. The van der Waals surface area contributed by atoms with Gasteiger partial charge in [0.15, 0.2) is 6.10 Å². The van der Waals surface area contributed by atoms with Crippen molar-refractivity contribution in [1.29, 1.82) is 0 Å². The van der Waals surface area contributed by atoms with Crippen LogP contribution in [0.3, 0.4) is 0 Å². The zero-order chi connectivity index (χ0) is 18.4. The molecule has 0 saturated carbocycles. The third kappa shape index (κ3) is 5.82. The Kier molecular flexibility index (Phi) is 6.45. The van der Waals surface area contributed by atoms with E-state index in [1.54, 1.807) is 6.92 Å². The monoisotopic (exact) mass is 341 g/mol. The summed E-state index contributed by atoms with van der Waals surface area (Å²) in [6.07, 6.45) is -0.566. The van der Waals surface area contributed by atoms with E-state index in [1.807, 2.05) is 70.2 Å². The molecule has 0 fully saturated rings. The van der Waals surface area contributed by atoms with Gasteiger partial charge in [0.05, 0.1) is 6.04 Å². The van der Waals surface area contributed by atoms with Crippen molar-refractivity contribution in [2.24, 2.45) is 0 Å². The smallest absolute Gasteiger partial charge is 0.261 e. The molecule has 1 N–H and O–H groups in total. The van der Waals surface area contributed by atoms with Gasteiger partial charge in [-0.3, -0.25) is 4.79 Å². The predicted octanol–water partition coefficient (Wildman–Crippen LogP) is 3.96. The molecule has 0 spiro atoms. The van der Waals surface area contributed by atoms with Crippen LogP contribution in [0.4, 0.5) is 0 Å². The number of carbonyl (C=O) groups excluding carboxylic acids is 1. The molecule has 25 heavy (non-hydrogen) atoms. The number of rotatable bonds is 7. The van der Waals surface area contributed by atoms with E-state index in [4.69, 9.17) is 9.47 Å². The van der Waals surface area contributed by atoms with Gasteiger partial charge in [-0.15, -0.1) is 0 Å². The summed E-state index contributed by atoms with van der Waals surface area (Å²) in [7, 11) is 0. The molecule has 134 valence electrons. The molecule has 0 aliphatic rings. The summed E-state index contributed by atoms with van der Waals surface area (Å²) in [5.41, 5.74) is 3.38. The Labute approximate surface area is 150 Å². The van der Waals surface area contributed by atoms with Gasteiger partial charge < -0.3 is 14.8 Å². The number of benzene rings is 2. The molecule has 2 unspecified atom stereocenters. The Morgan fingerprint density at radius 2 is 1.64 bits per heavy atom. The Morgan fingerprint density at radius 1 is 1.00 bits per heavy atom. The summed E-state index contributed by atoms with van der Waals surface area (Å²) in [6.45, 7) is 10.1. The predicted molar refractivity (Wildman–Crippen MR) is 100 cm³/mol. The zero-order valence-corrected chi connectivity index (χ0v) is 15.6. The summed E-state index contributed by atoms with van der Waals surface area (Å²) in [4.78, 5) is 12.3. The van der Waals surface area contributed by atoms with Crippen LogP contribution in [0.25, 0.3) is 0 Å². The second kappa shape index (κ2) is 8.56. The van der Waals surface area contributed by atoms with Crippen molar-refractivity contribution < 1.29 is 14.3 Å². The molecule has 0 radical (unpaired) electrons. The second-order valence-electron chi connectivity index (χ2n) is 6.56. The lowest BCUT2D eigenvalue weighted by Crippen LogP contribution is -2.43. The van der Waals surface area contributed by atoms with Crippen LogP contribution < -0.4 is 14.8 Å². The number of hydrogen-bond donors (Lipinski definition) is 1. The van der Waals surface area contributed by atoms with Gasteiger partial charge in [-0.05, 0) is 58.4 Å². The van der Waals surface area contributed by atoms with Crippen LogP contribution >= 0.6 is 0 Å². The normalized spacial score (nSPS) is 13.0. The van der Waals surface area contributed by atoms with Crippen molar-refractivity contribution in [2.45, 2.75) is 46.8 Å². The summed E-state index contributed by atoms with van der Waals surface area (Å²) in [5, 5.41) is 2.92. The summed E-state index contributed by atoms with van der Waals surface area (Å²) in [6, 6.07) is 13.7. The number of amides is 1. The molecule has 1 amide bonds. The van der Waals surface area contributed by atoms with Gasteiger partial charge in [-0.2, -0.15) is 0 Å². The van der Waals surface area contributed by atoms with Gasteiger partial charge in [0.1, 0.15) is 18.1 Å². The maximum atomic E-state index is 12.3. The van der Waals surface area contributed by atoms with Crippen molar-refractivity contribution in [3.05, 3.63) is 59.2 Å². The second-order valence-corrected chi connectivity index (χ2v) is 6.56. The highest BCUT2D eigenvalue weighted by Gasteiger charge is 2.18. The Hall–Kier alpha value is -2.49. The van der Waals surface area contributed by atoms with Crippen molar-refractivity contribution in [3.63, 3.8) is 0 Å². The molecule has 2 aromatic carbocycles. The fourth-order valence-electron chi connectivity index (χ4n) is 2.43. The summed E-state index contributed by atoms with van der Waals surface area (Å²) >= 11 is 0. The third-order valence-electron chi connectivity index (χ3n) is 3.91. The minimum absolute atomic E-state index is 0.112. The van der Waals surface area contributed by atoms with E-state index in [0.29, 0.717) is 6.61 Å². The number of nitrogens with one attached hydrogen (secondary N) is 1. The Bertz CT molecular complexity index is 710. The maximum Gasteiger partial charge on any atom is 0.261 e. The van der Waals surface area contributed by atoms with Crippen molar-refractivity contribution in [2.75, 3.05) is 6.61 Å². The SMILES string of the molecule is Cc1ccc(OCC(C)NC(=O)C(C)Oc2ccc(C)cc2C)cc1. The highest BCUT2D eigenvalue weighted by molar-refractivity contribution is 5.81. The van der Waals surface area contributed by atoms with E-state index in [2.05, 4.69) is 5.32 Å². The van der Waals surface area contributed by atoms with Gasteiger partial charge in [-0.1, -0.05) is 35.4 Å². The third-order valence-corrected chi connectivity index (χ3v) is 3.91. The average Bonchev–Trinajstić information content (AvgIpc) is 2.56. The van der Waals surface area contributed by atoms with Gasteiger partial charge in [0.2, 0.25) is 0 Å². The molecular formula is C21H27NO3. The highest BCUT2D eigenvalue weighted by atomic mass is 16.5. The van der Waals surface area contributed by atoms with Gasteiger partial charge in [-0.25, -0.2) is 0 Å². The van der Waals surface area contributed by atoms with Crippen molar-refractivity contribution >= 4 is 5.91 Å². The first-order valence-electron chi connectivity index (χ1n) is 8.59. The first-order chi connectivity index (χ1) is 11.8. The van der Waals surface area contributed by atoms with E-state index in [9.17, 15) is 4.79 Å². The number of carbonyl (C=O) groups is 1. The van der Waals surface area contributed by atoms with Crippen LogP contribution in [0, 0.1) is 20.8 Å².